The van der Waals surface area contributed by atoms with Gasteiger partial charge in [-0.05, 0) is 59.7 Å². The van der Waals surface area contributed by atoms with E-state index in [-0.39, 0.29) is 11.9 Å². The van der Waals surface area contributed by atoms with E-state index in [0.29, 0.717) is 6.42 Å². The zero-order chi connectivity index (χ0) is 17.9. The highest BCUT2D eigenvalue weighted by molar-refractivity contribution is 6.04. The monoisotopic (exact) mass is 346 g/mol. The SMILES string of the molecule is COc1ccc(C2=Nc3ccccc3NC(c3ccc(F)cc3)C2)cc1. The lowest BCUT2D eigenvalue weighted by atomic mass is 9.97. The average Bonchev–Trinajstić information content (AvgIpc) is 2.88. The van der Waals surface area contributed by atoms with E-state index in [2.05, 4.69) is 5.32 Å². The Morgan fingerprint density at radius 3 is 2.42 bits per heavy atom. The van der Waals surface area contributed by atoms with Gasteiger partial charge in [0, 0.05) is 6.42 Å². The maximum Gasteiger partial charge on any atom is 0.123 e. The van der Waals surface area contributed by atoms with Gasteiger partial charge in [-0.1, -0.05) is 24.3 Å². The van der Waals surface area contributed by atoms with Crippen LogP contribution in [0.5, 0.6) is 5.75 Å². The molecule has 1 aliphatic rings. The molecule has 1 atom stereocenters. The first-order valence-corrected chi connectivity index (χ1v) is 8.56. The van der Waals surface area contributed by atoms with E-state index in [9.17, 15) is 4.39 Å². The smallest absolute Gasteiger partial charge is 0.123 e. The highest BCUT2D eigenvalue weighted by Crippen LogP contribution is 2.35. The molecule has 0 fully saturated rings. The van der Waals surface area contributed by atoms with E-state index in [1.807, 2.05) is 60.7 Å². The summed E-state index contributed by atoms with van der Waals surface area (Å²) in [7, 11) is 1.66. The van der Waals surface area contributed by atoms with Gasteiger partial charge in [-0.25, -0.2) is 4.39 Å². The van der Waals surface area contributed by atoms with Crippen LogP contribution in [0.3, 0.4) is 0 Å². The third-order valence-corrected chi connectivity index (χ3v) is 4.58. The number of fused-ring (bicyclic) bond motifs is 1. The molecule has 3 aromatic carbocycles. The third kappa shape index (κ3) is 3.31. The van der Waals surface area contributed by atoms with Crippen molar-refractivity contribution < 1.29 is 9.13 Å². The first-order chi connectivity index (χ1) is 12.7. The molecule has 4 heteroatoms. The number of benzene rings is 3. The van der Waals surface area contributed by atoms with Crippen molar-refractivity contribution in [2.24, 2.45) is 4.99 Å². The Morgan fingerprint density at radius 1 is 0.962 bits per heavy atom. The number of anilines is 1. The number of nitrogens with zero attached hydrogens (tertiary/aromatic N) is 1. The predicted molar refractivity (Wildman–Crippen MR) is 103 cm³/mol. The number of hydrogen-bond acceptors (Lipinski definition) is 3. The van der Waals surface area contributed by atoms with Crippen LogP contribution in [0.4, 0.5) is 15.8 Å². The summed E-state index contributed by atoms with van der Waals surface area (Å²) in [4.78, 5) is 4.90. The second-order valence-electron chi connectivity index (χ2n) is 6.26. The summed E-state index contributed by atoms with van der Waals surface area (Å²) >= 11 is 0. The molecule has 3 nitrogen and oxygen atoms in total. The summed E-state index contributed by atoms with van der Waals surface area (Å²) in [5, 5.41) is 3.56. The van der Waals surface area contributed by atoms with Gasteiger partial charge in [-0.3, -0.25) is 4.99 Å². The van der Waals surface area contributed by atoms with Gasteiger partial charge in [0.25, 0.3) is 0 Å². The summed E-state index contributed by atoms with van der Waals surface area (Å²) < 4.78 is 18.6. The summed E-state index contributed by atoms with van der Waals surface area (Å²) in [5.74, 6) is 0.586. The molecule has 0 spiro atoms. The van der Waals surface area contributed by atoms with Gasteiger partial charge in [0.2, 0.25) is 0 Å². The quantitative estimate of drug-likeness (QED) is 0.678. The number of rotatable bonds is 3. The predicted octanol–water partition coefficient (Wildman–Crippen LogP) is 5.51. The van der Waals surface area contributed by atoms with Gasteiger partial charge in [0.1, 0.15) is 11.6 Å². The topological polar surface area (TPSA) is 33.6 Å². The number of aliphatic imine (C=N–C) groups is 1. The van der Waals surface area contributed by atoms with Crippen LogP contribution < -0.4 is 10.1 Å². The van der Waals surface area contributed by atoms with Gasteiger partial charge in [0.05, 0.1) is 30.2 Å². The Morgan fingerprint density at radius 2 is 1.69 bits per heavy atom. The van der Waals surface area contributed by atoms with E-state index in [1.165, 1.54) is 12.1 Å². The number of halogens is 1. The second kappa shape index (κ2) is 7.00. The molecule has 3 aromatic rings. The Kier molecular flexibility index (Phi) is 4.40. The van der Waals surface area contributed by atoms with Crippen molar-refractivity contribution in [2.75, 3.05) is 12.4 Å². The molecule has 26 heavy (non-hydrogen) atoms. The minimum atomic E-state index is -0.230. The lowest BCUT2D eigenvalue weighted by Crippen LogP contribution is -2.14. The molecule has 1 N–H and O–H groups in total. The van der Waals surface area contributed by atoms with E-state index < -0.39 is 0 Å². The normalized spacial score (nSPS) is 16.1. The molecular weight excluding hydrogens is 327 g/mol. The molecule has 0 aromatic heterocycles. The Balaban J connectivity index is 1.76. The van der Waals surface area contributed by atoms with Gasteiger partial charge in [-0.15, -0.1) is 0 Å². The van der Waals surface area contributed by atoms with Gasteiger partial charge < -0.3 is 10.1 Å². The lowest BCUT2D eigenvalue weighted by molar-refractivity contribution is 0.415. The van der Waals surface area contributed by atoms with Crippen LogP contribution >= 0.6 is 0 Å². The van der Waals surface area contributed by atoms with Gasteiger partial charge in [-0.2, -0.15) is 0 Å². The largest absolute Gasteiger partial charge is 0.497 e. The lowest BCUT2D eigenvalue weighted by Gasteiger charge is -2.19. The molecule has 0 aliphatic carbocycles. The maximum absolute atomic E-state index is 13.3. The van der Waals surface area contributed by atoms with Crippen molar-refractivity contribution in [1.82, 2.24) is 0 Å². The van der Waals surface area contributed by atoms with Crippen molar-refractivity contribution in [3.05, 3.63) is 89.7 Å². The number of para-hydroxylation sites is 2. The minimum Gasteiger partial charge on any atom is -0.497 e. The number of hydrogen-bond donors (Lipinski definition) is 1. The van der Waals surface area contributed by atoms with Crippen LogP contribution in [-0.4, -0.2) is 12.8 Å². The van der Waals surface area contributed by atoms with Crippen LogP contribution in [0.2, 0.25) is 0 Å². The van der Waals surface area contributed by atoms with Gasteiger partial charge in [0.15, 0.2) is 0 Å². The molecule has 130 valence electrons. The van der Waals surface area contributed by atoms with E-state index in [1.54, 1.807) is 7.11 Å². The van der Waals surface area contributed by atoms with Crippen LogP contribution in [-0.2, 0) is 0 Å². The second-order valence-corrected chi connectivity index (χ2v) is 6.26. The summed E-state index contributed by atoms with van der Waals surface area (Å²) in [6.45, 7) is 0. The van der Waals surface area contributed by atoms with Crippen LogP contribution in [0.15, 0.2) is 77.8 Å². The number of methoxy groups -OCH3 is 1. The standard InChI is InChI=1S/C22H19FN2O/c1-26-18-12-8-16(9-13-18)22-14-21(15-6-10-17(23)11-7-15)24-19-4-2-3-5-20(19)25-22/h2-13,21,24H,14H2,1H3. The van der Waals surface area contributed by atoms with E-state index in [4.69, 9.17) is 9.73 Å². The highest BCUT2D eigenvalue weighted by atomic mass is 19.1. The first kappa shape index (κ1) is 16.3. The molecule has 0 saturated heterocycles. The van der Waals surface area contributed by atoms with Crippen molar-refractivity contribution >= 4 is 17.1 Å². The van der Waals surface area contributed by atoms with Crippen molar-refractivity contribution in [3.63, 3.8) is 0 Å². The third-order valence-electron chi connectivity index (χ3n) is 4.58. The molecule has 0 amide bonds. The summed E-state index contributed by atoms with van der Waals surface area (Å²) in [5.41, 5.74) is 4.95. The van der Waals surface area contributed by atoms with Crippen LogP contribution in [0.25, 0.3) is 0 Å². The molecule has 1 aliphatic heterocycles. The van der Waals surface area contributed by atoms with Crippen LogP contribution in [0, 0.1) is 5.82 Å². The molecular formula is C22H19FN2O. The number of nitrogens with one attached hydrogen (secondary N) is 1. The Hall–Kier alpha value is -3.14. The van der Waals surface area contributed by atoms with Gasteiger partial charge >= 0.3 is 0 Å². The zero-order valence-electron chi connectivity index (χ0n) is 14.4. The van der Waals surface area contributed by atoms with Crippen molar-refractivity contribution in [3.8, 4) is 5.75 Å². The fraction of sp³-hybridized carbons (Fsp3) is 0.136. The molecule has 0 saturated carbocycles. The van der Waals surface area contributed by atoms with Crippen molar-refractivity contribution in [2.45, 2.75) is 12.5 Å². The summed E-state index contributed by atoms with van der Waals surface area (Å²) in [6.07, 6.45) is 0.701. The molecule has 1 unspecified atom stereocenters. The van der Waals surface area contributed by atoms with Crippen molar-refractivity contribution in [1.29, 1.82) is 0 Å². The van der Waals surface area contributed by atoms with E-state index in [0.717, 1.165) is 34.0 Å². The molecule has 4 rings (SSSR count). The maximum atomic E-state index is 13.3. The fourth-order valence-corrected chi connectivity index (χ4v) is 3.18. The Labute approximate surface area is 152 Å². The average molecular weight is 346 g/mol. The molecule has 0 bridgehead atoms. The Bertz CT molecular complexity index is 933. The fourth-order valence-electron chi connectivity index (χ4n) is 3.18. The van der Waals surface area contributed by atoms with E-state index >= 15 is 0 Å². The highest BCUT2D eigenvalue weighted by Gasteiger charge is 2.21. The molecule has 0 radical (unpaired) electrons. The number of ether oxygens (including phenoxy) is 1. The zero-order valence-corrected chi connectivity index (χ0v) is 14.4. The minimum absolute atomic E-state index is 0.0140. The first-order valence-electron chi connectivity index (χ1n) is 8.56. The summed E-state index contributed by atoms with van der Waals surface area (Å²) in [6, 6.07) is 22.6. The van der Waals surface area contributed by atoms with Crippen LogP contribution in [0.1, 0.15) is 23.6 Å². The molecule has 1 heterocycles.